The van der Waals surface area contributed by atoms with Gasteiger partial charge in [-0.15, -0.1) is 0 Å². The molecule has 1 rings (SSSR count). The largest absolute Gasteiger partial charge is 0.346 e. The SMILES string of the molecule is CCOC(OCC)C(=O)CC(=O)c1c(F)cccc1F. The molecule has 0 aromatic heterocycles. The maximum absolute atomic E-state index is 13.4. The van der Waals surface area contributed by atoms with E-state index in [2.05, 4.69) is 0 Å². The van der Waals surface area contributed by atoms with Gasteiger partial charge in [0.1, 0.15) is 11.6 Å². The monoisotopic (exact) mass is 286 g/mol. The third-order valence-corrected chi connectivity index (χ3v) is 2.48. The summed E-state index contributed by atoms with van der Waals surface area (Å²) in [6.07, 6.45) is -1.87. The van der Waals surface area contributed by atoms with Gasteiger partial charge in [0.15, 0.2) is 11.6 Å². The molecule has 20 heavy (non-hydrogen) atoms. The molecular weight excluding hydrogens is 270 g/mol. The van der Waals surface area contributed by atoms with E-state index in [0.717, 1.165) is 18.2 Å². The van der Waals surface area contributed by atoms with Crippen LogP contribution in [0.5, 0.6) is 0 Å². The highest BCUT2D eigenvalue weighted by Gasteiger charge is 2.25. The Balaban J connectivity index is 2.81. The van der Waals surface area contributed by atoms with Crippen molar-refractivity contribution >= 4 is 11.6 Å². The molecule has 0 N–H and O–H groups in total. The van der Waals surface area contributed by atoms with Crippen molar-refractivity contribution in [2.24, 2.45) is 0 Å². The predicted octanol–water partition coefficient (Wildman–Crippen LogP) is 2.51. The van der Waals surface area contributed by atoms with Crippen LogP contribution in [0.15, 0.2) is 18.2 Å². The molecule has 1 aromatic rings. The molecule has 0 aliphatic rings. The van der Waals surface area contributed by atoms with Gasteiger partial charge in [0, 0.05) is 13.2 Å². The van der Waals surface area contributed by atoms with Gasteiger partial charge in [-0.25, -0.2) is 8.78 Å². The first-order valence-corrected chi connectivity index (χ1v) is 6.24. The number of hydrogen-bond donors (Lipinski definition) is 0. The van der Waals surface area contributed by atoms with Gasteiger partial charge in [0.25, 0.3) is 0 Å². The number of carbonyl (C=O) groups excluding carboxylic acids is 2. The van der Waals surface area contributed by atoms with Gasteiger partial charge in [-0.05, 0) is 26.0 Å². The Hall–Kier alpha value is -1.66. The van der Waals surface area contributed by atoms with Crippen molar-refractivity contribution in [3.63, 3.8) is 0 Å². The van der Waals surface area contributed by atoms with Crippen molar-refractivity contribution in [1.29, 1.82) is 0 Å². The van der Waals surface area contributed by atoms with Crippen LogP contribution in [0.3, 0.4) is 0 Å². The average Bonchev–Trinajstić information content (AvgIpc) is 2.38. The Morgan fingerprint density at radius 3 is 2.05 bits per heavy atom. The summed E-state index contributed by atoms with van der Waals surface area (Å²) in [5.74, 6) is -3.59. The fourth-order valence-electron chi connectivity index (χ4n) is 1.63. The number of Topliss-reactive ketones (excluding diaryl/α,β-unsaturated/α-hetero) is 2. The van der Waals surface area contributed by atoms with E-state index in [1.165, 1.54) is 0 Å². The second-order valence-corrected chi connectivity index (χ2v) is 3.91. The quantitative estimate of drug-likeness (QED) is 0.418. The summed E-state index contributed by atoms with van der Waals surface area (Å²) in [5, 5.41) is 0. The summed E-state index contributed by atoms with van der Waals surface area (Å²) in [4.78, 5) is 23.6. The predicted molar refractivity (Wildman–Crippen MR) is 67.4 cm³/mol. The third-order valence-electron chi connectivity index (χ3n) is 2.48. The molecule has 0 spiro atoms. The molecule has 0 aliphatic heterocycles. The fraction of sp³-hybridized carbons (Fsp3) is 0.429. The van der Waals surface area contributed by atoms with E-state index >= 15 is 0 Å². The van der Waals surface area contributed by atoms with Crippen LogP contribution < -0.4 is 0 Å². The van der Waals surface area contributed by atoms with Crippen LogP contribution in [-0.4, -0.2) is 31.1 Å². The number of ketones is 2. The first-order chi connectivity index (χ1) is 9.51. The van der Waals surface area contributed by atoms with Gasteiger partial charge in [0.05, 0.1) is 12.0 Å². The highest BCUT2D eigenvalue weighted by atomic mass is 19.1. The molecule has 0 saturated heterocycles. The molecule has 0 unspecified atom stereocenters. The second kappa shape index (κ2) is 7.81. The summed E-state index contributed by atoms with van der Waals surface area (Å²) in [5.41, 5.74) is -0.715. The topological polar surface area (TPSA) is 52.6 Å². The van der Waals surface area contributed by atoms with Gasteiger partial charge < -0.3 is 9.47 Å². The van der Waals surface area contributed by atoms with Gasteiger partial charge in [-0.1, -0.05) is 6.07 Å². The van der Waals surface area contributed by atoms with Crippen LogP contribution >= 0.6 is 0 Å². The van der Waals surface area contributed by atoms with Gasteiger partial charge in [-0.3, -0.25) is 9.59 Å². The van der Waals surface area contributed by atoms with E-state index in [1.54, 1.807) is 13.8 Å². The Labute approximate surface area is 115 Å². The molecule has 0 heterocycles. The van der Waals surface area contributed by atoms with Crippen molar-refractivity contribution < 1.29 is 27.8 Å². The lowest BCUT2D eigenvalue weighted by atomic mass is 10.0. The Kier molecular flexibility index (Phi) is 6.41. The van der Waals surface area contributed by atoms with Crippen molar-refractivity contribution in [1.82, 2.24) is 0 Å². The molecule has 0 atom stereocenters. The van der Waals surface area contributed by atoms with E-state index in [-0.39, 0.29) is 13.2 Å². The molecule has 0 amide bonds. The highest BCUT2D eigenvalue weighted by Crippen LogP contribution is 2.15. The normalized spacial score (nSPS) is 10.8. The van der Waals surface area contributed by atoms with E-state index in [1.807, 2.05) is 0 Å². The van der Waals surface area contributed by atoms with Crippen molar-refractivity contribution in [2.75, 3.05) is 13.2 Å². The first kappa shape index (κ1) is 16.4. The molecule has 0 aliphatic carbocycles. The lowest BCUT2D eigenvalue weighted by Crippen LogP contribution is -2.29. The molecule has 110 valence electrons. The molecule has 0 radical (unpaired) electrons. The second-order valence-electron chi connectivity index (χ2n) is 3.91. The lowest BCUT2D eigenvalue weighted by Gasteiger charge is -2.15. The number of halogens is 2. The van der Waals surface area contributed by atoms with Crippen LogP contribution in [0.1, 0.15) is 30.6 Å². The van der Waals surface area contributed by atoms with Crippen LogP contribution in [0.25, 0.3) is 0 Å². The van der Waals surface area contributed by atoms with Gasteiger partial charge in [-0.2, -0.15) is 0 Å². The Bertz CT molecular complexity index is 462. The van der Waals surface area contributed by atoms with Crippen molar-refractivity contribution in [3.8, 4) is 0 Å². The minimum atomic E-state index is -1.19. The van der Waals surface area contributed by atoms with Crippen LogP contribution in [0.2, 0.25) is 0 Å². The molecule has 4 nitrogen and oxygen atoms in total. The molecule has 6 heteroatoms. The molecule has 0 saturated carbocycles. The Morgan fingerprint density at radius 2 is 1.60 bits per heavy atom. The summed E-state index contributed by atoms with van der Waals surface area (Å²) in [7, 11) is 0. The van der Waals surface area contributed by atoms with E-state index in [0.29, 0.717) is 0 Å². The van der Waals surface area contributed by atoms with E-state index in [9.17, 15) is 18.4 Å². The van der Waals surface area contributed by atoms with Crippen molar-refractivity contribution in [3.05, 3.63) is 35.4 Å². The number of hydrogen-bond acceptors (Lipinski definition) is 4. The van der Waals surface area contributed by atoms with E-state index in [4.69, 9.17) is 9.47 Å². The maximum Gasteiger partial charge on any atom is 0.218 e. The van der Waals surface area contributed by atoms with Crippen LogP contribution in [0, 0.1) is 11.6 Å². The zero-order valence-electron chi connectivity index (χ0n) is 11.3. The molecule has 1 aromatic carbocycles. The third kappa shape index (κ3) is 4.18. The first-order valence-electron chi connectivity index (χ1n) is 6.24. The summed E-state index contributed by atoms with van der Waals surface area (Å²) < 4.78 is 36.9. The number of benzene rings is 1. The van der Waals surface area contributed by atoms with Gasteiger partial charge >= 0.3 is 0 Å². The number of rotatable bonds is 8. The zero-order chi connectivity index (χ0) is 15.1. The smallest absolute Gasteiger partial charge is 0.218 e. The Morgan fingerprint density at radius 1 is 1.10 bits per heavy atom. The van der Waals surface area contributed by atoms with Crippen LogP contribution in [-0.2, 0) is 14.3 Å². The van der Waals surface area contributed by atoms with Gasteiger partial charge in [0.2, 0.25) is 6.29 Å². The maximum atomic E-state index is 13.4. The molecular formula is C14H16F2O4. The van der Waals surface area contributed by atoms with Crippen molar-refractivity contribution in [2.45, 2.75) is 26.6 Å². The summed E-state index contributed by atoms with van der Waals surface area (Å²) >= 11 is 0. The minimum Gasteiger partial charge on any atom is -0.346 e. The standard InChI is InChI=1S/C14H16F2O4/c1-3-19-14(20-4-2)12(18)8-11(17)13-9(15)6-5-7-10(13)16/h5-7,14H,3-4,8H2,1-2H3. The minimum absolute atomic E-state index is 0.221. The summed E-state index contributed by atoms with van der Waals surface area (Å²) in [6, 6.07) is 3.07. The van der Waals surface area contributed by atoms with E-state index < -0.39 is 41.5 Å². The summed E-state index contributed by atoms with van der Waals surface area (Å²) in [6.45, 7) is 3.77. The van der Waals surface area contributed by atoms with Crippen LogP contribution in [0.4, 0.5) is 8.78 Å². The number of carbonyl (C=O) groups is 2. The highest BCUT2D eigenvalue weighted by molar-refractivity contribution is 6.09. The number of ether oxygens (including phenoxy) is 2. The molecule has 0 fully saturated rings. The zero-order valence-corrected chi connectivity index (χ0v) is 11.3. The lowest BCUT2D eigenvalue weighted by molar-refractivity contribution is -0.166. The fourth-order valence-corrected chi connectivity index (χ4v) is 1.63. The average molecular weight is 286 g/mol. The molecule has 0 bridgehead atoms.